The molecular weight excluding hydrogens is 218 g/mol. The van der Waals surface area contributed by atoms with Crippen LogP contribution < -0.4 is 5.32 Å². The van der Waals surface area contributed by atoms with E-state index < -0.39 is 5.60 Å². The van der Waals surface area contributed by atoms with Gasteiger partial charge in [-0.1, -0.05) is 0 Å². The number of amides is 1. The number of hydrogen-bond donors (Lipinski definition) is 1. The Hall–Kier alpha value is -1.06. The summed E-state index contributed by atoms with van der Waals surface area (Å²) < 4.78 is 5.24. The molecule has 2 bridgehead atoms. The van der Waals surface area contributed by atoms with E-state index in [1.165, 1.54) is 0 Å². The van der Waals surface area contributed by atoms with Crippen molar-refractivity contribution in [1.29, 1.82) is 0 Å². The number of hydrogen-bond acceptors (Lipinski definition) is 3. The molecule has 0 spiro atoms. The Morgan fingerprint density at radius 2 is 2.06 bits per heavy atom. The van der Waals surface area contributed by atoms with Gasteiger partial charge in [0.25, 0.3) is 0 Å². The third kappa shape index (κ3) is 2.99. The third-order valence-electron chi connectivity index (χ3n) is 3.61. The highest BCUT2D eigenvalue weighted by Crippen LogP contribution is 2.39. The second-order valence-electron chi connectivity index (χ2n) is 6.19. The number of ether oxygens (including phenoxy) is 1. The fraction of sp³-hybridized carbons (Fsp3) is 0.846. The molecule has 0 aromatic carbocycles. The molecule has 3 saturated carbocycles. The standard InChI is InChI=1S/C13H21NO3/c1-13(2,3)17-12(16)14-10-6-9-5-4-8(10)7-11(9)15/h8-10H,4-7H2,1-3H3,(H,14,16). The zero-order valence-corrected chi connectivity index (χ0v) is 10.8. The fourth-order valence-electron chi connectivity index (χ4n) is 2.83. The highest BCUT2D eigenvalue weighted by atomic mass is 16.6. The van der Waals surface area contributed by atoms with Gasteiger partial charge in [-0.2, -0.15) is 0 Å². The lowest BCUT2D eigenvalue weighted by molar-refractivity contribution is -0.130. The second-order valence-corrected chi connectivity index (χ2v) is 6.19. The zero-order valence-electron chi connectivity index (χ0n) is 10.8. The molecule has 0 saturated heterocycles. The first-order valence-corrected chi connectivity index (χ1v) is 6.37. The van der Waals surface area contributed by atoms with Crippen molar-refractivity contribution >= 4 is 11.9 Å². The van der Waals surface area contributed by atoms with Crippen molar-refractivity contribution in [3.8, 4) is 0 Å². The van der Waals surface area contributed by atoms with Gasteiger partial charge in [-0.05, 0) is 46.0 Å². The van der Waals surface area contributed by atoms with Gasteiger partial charge >= 0.3 is 6.09 Å². The molecule has 0 heterocycles. The van der Waals surface area contributed by atoms with Crippen molar-refractivity contribution < 1.29 is 14.3 Å². The second kappa shape index (κ2) is 4.31. The number of carbonyl (C=O) groups excluding carboxylic acids is 2. The van der Waals surface area contributed by atoms with Gasteiger partial charge in [-0.25, -0.2) is 4.79 Å². The summed E-state index contributed by atoms with van der Waals surface area (Å²) in [4.78, 5) is 23.2. The van der Waals surface area contributed by atoms with Crippen molar-refractivity contribution in [1.82, 2.24) is 5.32 Å². The van der Waals surface area contributed by atoms with Crippen LogP contribution in [0.25, 0.3) is 0 Å². The molecule has 3 rings (SSSR count). The van der Waals surface area contributed by atoms with Crippen molar-refractivity contribution in [3.05, 3.63) is 0 Å². The predicted molar refractivity (Wildman–Crippen MR) is 63.6 cm³/mol. The Bertz CT molecular complexity index is 332. The van der Waals surface area contributed by atoms with E-state index in [9.17, 15) is 9.59 Å². The molecule has 0 radical (unpaired) electrons. The number of Topliss-reactive ketones (excluding diaryl/α,β-unsaturated/α-hetero) is 1. The Balaban J connectivity index is 1.89. The Morgan fingerprint density at radius 3 is 2.53 bits per heavy atom. The molecule has 3 aliphatic carbocycles. The molecule has 0 aromatic heterocycles. The Labute approximate surface area is 102 Å². The van der Waals surface area contributed by atoms with Crippen LogP contribution in [-0.4, -0.2) is 23.5 Å². The highest BCUT2D eigenvalue weighted by Gasteiger charge is 2.41. The van der Waals surface area contributed by atoms with Crippen LogP contribution in [0.4, 0.5) is 4.79 Å². The number of nitrogens with one attached hydrogen (secondary N) is 1. The van der Waals surface area contributed by atoms with E-state index >= 15 is 0 Å². The van der Waals surface area contributed by atoms with Gasteiger partial charge in [0, 0.05) is 18.4 Å². The summed E-state index contributed by atoms with van der Waals surface area (Å²) in [5.41, 5.74) is -0.465. The lowest BCUT2D eigenvalue weighted by Gasteiger charge is -2.41. The molecule has 1 N–H and O–H groups in total. The quantitative estimate of drug-likeness (QED) is 0.763. The number of rotatable bonds is 1. The minimum Gasteiger partial charge on any atom is -0.444 e. The van der Waals surface area contributed by atoms with Crippen LogP contribution in [0, 0.1) is 11.8 Å². The van der Waals surface area contributed by atoms with Crippen LogP contribution in [0.5, 0.6) is 0 Å². The van der Waals surface area contributed by atoms with E-state index in [0.29, 0.717) is 18.1 Å². The van der Waals surface area contributed by atoms with E-state index in [1.807, 2.05) is 20.8 Å². The van der Waals surface area contributed by atoms with Crippen LogP contribution in [0.1, 0.15) is 46.5 Å². The summed E-state index contributed by atoms with van der Waals surface area (Å²) in [6.45, 7) is 5.55. The van der Waals surface area contributed by atoms with Gasteiger partial charge in [0.05, 0.1) is 0 Å². The lowest BCUT2D eigenvalue weighted by Crippen LogP contribution is -2.51. The van der Waals surface area contributed by atoms with Crippen LogP contribution in [0.15, 0.2) is 0 Å². The molecule has 4 heteroatoms. The van der Waals surface area contributed by atoms with Gasteiger partial charge in [0.1, 0.15) is 11.4 Å². The van der Waals surface area contributed by atoms with Gasteiger partial charge in [-0.15, -0.1) is 0 Å². The monoisotopic (exact) mass is 239 g/mol. The maximum absolute atomic E-state index is 11.7. The SMILES string of the molecule is CC(C)(C)OC(=O)NC1CC2CCC1CC2=O. The number of fused-ring (bicyclic) bond motifs is 3. The summed E-state index contributed by atoms with van der Waals surface area (Å²) in [5, 5.41) is 2.91. The summed E-state index contributed by atoms with van der Waals surface area (Å²) >= 11 is 0. The number of alkyl carbamates (subject to hydrolysis) is 1. The number of carbonyl (C=O) groups is 2. The molecule has 4 nitrogen and oxygen atoms in total. The largest absolute Gasteiger partial charge is 0.444 e. The van der Waals surface area contributed by atoms with Crippen LogP contribution in [0.2, 0.25) is 0 Å². The molecule has 96 valence electrons. The molecule has 3 unspecified atom stereocenters. The summed E-state index contributed by atoms with van der Waals surface area (Å²) in [5.74, 6) is 0.864. The van der Waals surface area contributed by atoms with Crippen molar-refractivity contribution in [3.63, 3.8) is 0 Å². The highest BCUT2D eigenvalue weighted by molar-refractivity contribution is 5.83. The molecule has 3 atom stereocenters. The van der Waals surface area contributed by atoms with E-state index in [2.05, 4.69) is 5.32 Å². The topological polar surface area (TPSA) is 55.4 Å². The first kappa shape index (κ1) is 12.4. The molecule has 3 aliphatic rings. The average Bonchev–Trinajstić information content (AvgIpc) is 2.16. The lowest BCUT2D eigenvalue weighted by atomic mass is 9.67. The van der Waals surface area contributed by atoms with Crippen LogP contribution >= 0.6 is 0 Å². The van der Waals surface area contributed by atoms with Crippen LogP contribution in [-0.2, 0) is 9.53 Å². The smallest absolute Gasteiger partial charge is 0.407 e. The Morgan fingerprint density at radius 1 is 1.35 bits per heavy atom. The maximum Gasteiger partial charge on any atom is 0.407 e. The van der Waals surface area contributed by atoms with Gasteiger partial charge in [0.2, 0.25) is 0 Å². The molecular formula is C13H21NO3. The predicted octanol–water partition coefficient (Wildman–Crippen LogP) is 2.27. The molecule has 3 fully saturated rings. The third-order valence-corrected chi connectivity index (χ3v) is 3.61. The number of ketones is 1. The molecule has 0 aliphatic heterocycles. The van der Waals surface area contributed by atoms with Gasteiger partial charge in [0.15, 0.2) is 0 Å². The van der Waals surface area contributed by atoms with Gasteiger partial charge < -0.3 is 10.1 Å². The first-order valence-electron chi connectivity index (χ1n) is 6.37. The van der Waals surface area contributed by atoms with Crippen LogP contribution in [0.3, 0.4) is 0 Å². The van der Waals surface area contributed by atoms with Crippen molar-refractivity contribution in [2.75, 3.05) is 0 Å². The van der Waals surface area contributed by atoms with E-state index in [4.69, 9.17) is 4.74 Å². The van der Waals surface area contributed by atoms with Crippen molar-refractivity contribution in [2.45, 2.75) is 58.1 Å². The summed E-state index contributed by atoms with van der Waals surface area (Å²) in [6.07, 6.45) is 3.11. The average molecular weight is 239 g/mol. The fourth-order valence-corrected chi connectivity index (χ4v) is 2.83. The zero-order chi connectivity index (χ0) is 12.6. The summed E-state index contributed by atoms with van der Waals surface area (Å²) in [6, 6.07) is 0.126. The minimum atomic E-state index is -0.465. The molecule has 0 aromatic rings. The maximum atomic E-state index is 11.7. The van der Waals surface area contributed by atoms with E-state index in [0.717, 1.165) is 19.3 Å². The minimum absolute atomic E-state index is 0.126. The van der Waals surface area contributed by atoms with E-state index in [1.54, 1.807) is 0 Å². The molecule has 17 heavy (non-hydrogen) atoms. The first-order chi connectivity index (χ1) is 7.85. The van der Waals surface area contributed by atoms with E-state index in [-0.39, 0.29) is 18.1 Å². The Kier molecular flexibility index (Phi) is 3.15. The van der Waals surface area contributed by atoms with Crippen molar-refractivity contribution in [2.24, 2.45) is 11.8 Å². The van der Waals surface area contributed by atoms with Gasteiger partial charge in [-0.3, -0.25) is 4.79 Å². The normalized spacial score (nSPS) is 32.4. The summed E-state index contributed by atoms with van der Waals surface area (Å²) in [7, 11) is 0. The molecule has 1 amide bonds.